The van der Waals surface area contributed by atoms with Crippen LogP contribution in [0.1, 0.15) is 26.0 Å². The molecule has 0 aliphatic rings. The summed E-state index contributed by atoms with van der Waals surface area (Å²) in [6.45, 7) is 4.93. The van der Waals surface area contributed by atoms with Crippen molar-refractivity contribution in [3.05, 3.63) is 18.1 Å². The minimum absolute atomic E-state index is 0.578. The molecule has 0 atom stereocenters. The predicted octanol–water partition coefficient (Wildman–Crippen LogP) is 1.96. The van der Waals surface area contributed by atoms with Gasteiger partial charge in [0.05, 0.1) is 18.1 Å². The molecule has 0 bridgehead atoms. The third-order valence-electron chi connectivity index (χ3n) is 2.74. The maximum atomic E-state index is 6.04. The molecule has 18 heavy (non-hydrogen) atoms. The normalized spacial score (nSPS) is 10.8. The Balaban J connectivity index is 2.23. The fourth-order valence-electron chi connectivity index (χ4n) is 1.80. The SMILES string of the molecule is CCCc1nn(C)c(Oc2cnn(CC)c2)c1N. The molecular weight excluding hydrogens is 230 g/mol. The van der Waals surface area contributed by atoms with Crippen LogP contribution >= 0.6 is 0 Å². The monoisotopic (exact) mass is 249 g/mol. The van der Waals surface area contributed by atoms with Gasteiger partial charge in [-0.25, -0.2) is 4.68 Å². The summed E-state index contributed by atoms with van der Waals surface area (Å²) in [4.78, 5) is 0. The van der Waals surface area contributed by atoms with Crippen LogP contribution in [-0.2, 0) is 20.0 Å². The van der Waals surface area contributed by atoms with Gasteiger partial charge in [0.2, 0.25) is 5.88 Å². The van der Waals surface area contributed by atoms with E-state index in [1.54, 1.807) is 15.6 Å². The van der Waals surface area contributed by atoms with Crippen LogP contribution in [0.15, 0.2) is 12.4 Å². The maximum absolute atomic E-state index is 6.04. The zero-order valence-corrected chi connectivity index (χ0v) is 11.1. The average molecular weight is 249 g/mol. The fraction of sp³-hybridized carbons (Fsp3) is 0.500. The minimum atomic E-state index is 0.578. The minimum Gasteiger partial charge on any atom is -0.434 e. The lowest BCUT2D eigenvalue weighted by Crippen LogP contribution is -1.96. The van der Waals surface area contributed by atoms with Gasteiger partial charge < -0.3 is 10.5 Å². The molecule has 2 aromatic rings. The van der Waals surface area contributed by atoms with E-state index in [1.165, 1.54) is 0 Å². The van der Waals surface area contributed by atoms with Gasteiger partial charge >= 0.3 is 0 Å². The highest BCUT2D eigenvalue weighted by Gasteiger charge is 2.15. The summed E-state index contributed by atoms with van der Waals surface area (Å²) in [6, 6.07) is 0. The first-order valence-electron chi connectivity index (χ1n) is 6.17. The molecule has 0 fully saturated rings. The molecule has 2 aromatic heterocycles. The lowest BCUT2D eigenvalue weighted by Gasteiger charge is -2.03. The zero-order chi connectivity index (χ0) is 13.1. The molecule has 0 aliphatic carbocycles. The first kappa shape index (κ1) is 12.5. The molecule has 0 amide bonds. The molecule has 6 nitrogen and oxygen atoms in total. The van der Waals surface area contributed by atoms with E-state index in [2.05, 4.69) is 17.1 Å². The van der Waals surface area contributed by atoms with E-state index in [1.807, 2.05) is 20.2 Å². The van der Waals surface area contributed by atoms with E-state index in [-0.39, 0.29) is 0 Å². The van der Waals surface area contributed by atoms with Gasteiger partial charge in [-0.1, -0.05) is 13.3 Å². The van der Waals surface area contributed by atoms with Crippen molar-refractivity contribution in [1.29, 1.82) is 0 Å². The third kappa shape index (κ3) is 2.32. The summed E-state index contributed by atoms with van der Waals surface area (Å²) < 4.78 is 9.21. The van der Waals surface area contributed by atoms with Crippen LogP contribution in [0, 0.1) is 0 Å². The topological polar surface area (TPSA) is 70.9 Å². The molecule has 2 rings (SSSR count). The maximum Gasteiger partial charge on any atom is 0.241 e. The number of rotatable bonds is 5. The number of aromatic nitrogens is 4. The molecule has 0 aromatic carbocycles. The highest BCUT2D eigenvalue weighted by Crippen LogP contribution is 2.29. The van der Waals surface area contributed by atoms with Gasteiger partial charge in [0.1, 0.15) is 5.69 Å². The number of nitrogen functional groups attached to an aromatic ring is 1. The summed E-state index contributed by atoms with van der Waals surface area (Å²) in [7, 11) is 1.83. The molecule has 0 unspecified atom stereocenters. The molecule has 0 saturated carbocycles. The van der Waals surface area contributed by atoms with Crippen LogP contribution < -0.4 is 10.5 Å². The quantitative estimate of drug-likeness (QED) is 0.879. The highest BCUT2D eigenvalue weighted by molar-refractivity contribution is 5.54. The van der Waals surface area contributed by atoms with Crippen LogP contribution in [0.25, 0.3) is 0 Å². The average Bonchev–Trinajstić information content (AvgIpc) is 2.91. The van der Waals surface area contributed by atoms with E-state index in [0.29, 0.717) is 17.3 Å². The lowest BCUT2D eigenvalue weighted by molar-refractivity contribution is 0.431. The molecule has 2 N–H and O–H groups in total. The highest BCUT2D eigenvalue weighted by atomic mass is 16.5. The Labute approximate surface area is 106 Å². The summed E-state index contributed by atoms with van der Waals surface area (Å²) in [5, 5.41) is 8.52. The Morgan fingerprint density at radius 3 is 2.78 bits per heavy atom. The van der Waals surface area contributed by atoms with Crippen molar-refractivity contribution in [1.82, 2.24) is 19.6 Å². The predicted molar refractivity (Wildman–Crippen MR) is 69.6 cm³/mol. The van der Waals surface area contributed by atoms with Crippen molar-refractivity contribution in [3.8, 4) is 11.6 Å². The molecule has 2 heterocycles. The van der Waals surface area contributed by atoms with Crippen molar-refractivity contribution in [2.24, 2.45) is 7.05 Å². The van der Waals surface area contributed by atoms with Gasteiger partial charge in [0.25, 0.3) is 0 Å². The lowest BCUT2D eigenvalue weighted by atomic mass is 10.2. The number of hydrogen-bond donors (Lipinski definition) is 1. The van der Waals surface area contributed by atoms with E-state index >= 15 is 0 Å². The zero-order valence-electron chi connectivity index (χ0n) is 11.1. The number of anilines is 1. The second kappa shape index (κ2) is 5.12. The second-order valence-corrected chi connectivity index (χ2v) is 4.17. The molecule has 6 heteroatoms. The summed E-state index contributed by atoms with van der Waals surface area (Å²) >= 11 is 0. The van der Waals surface area contributed by atoms with Gasteiger partial charge in [0, 0.05) is 13.6 Å². The Kier molecular flexibility index (Phi) is 3.55. The largest absolute Gasteiger partial charge is 0.434 e. The molecule has 0 aliphatic heterocycles. The summed E-state index contributed by atoms with van der Waals surface area (Å²) in [5.74, 6) is 1.25. The van der Waals surface area contributed by atoms with Gasteiger partial charge in [-0.15, -0.1) is 0 Å². The van der Waals surface area contributed by atoms with Crippen LogP contribution in [0.3, 0.4) is 0 Å². The summed E-state index contributed by atoms with van der Waals surface area (Å²) in [6.07, 6.45) is 5.38. The Morgan fingerprint density at radius 1 is 1.39 bits per heavy atom. The van der Waals surface area contributed by atoms with E-state index in [9.17, 15) is 0 Å². The van der Waals surface area contributed by atoms with Gasteiger partial charge in [-0.2, -0.15) is 10.2 Å². The van der Waals surface area contributed by atoms with Crippen molar-refractivity contribution in [3.63, 3.8) is 0 Å². The number of aryl methyl sites for hydroxylation is 3. The van der Waals surface area contributed by atoms with Crippen LogP contribution in [0.4, 0.5) is 5.69 Å². The Morgan fingerprint density at radius 2 is 2.17 bits per heavy atom. The molecular formula is C12H19N5O. The molecule has 0 saturated heterocycles. The molecule has 0 spiro atoms. The van der Waals surface area contributed by atoms with Crippen LogP contribution in [-0.4, -0.2) is 19.6 Å². The number of nitrogens with two attached hydrogens (primary N) is 1. The molecule has 98 valence electrons. The Hall–Kier alpha value is -1.98. The standard InChI is InChI=1S/C12H19N5O/c1-4-6-10-11(13)12(16(3)15-10)18-9-7-14-17(5-2)8-9/h7-8H,4-6,13H2,1-3H3. The van der Waals surface area contributed by atoms with Gasteiger partial charge in [-0.3, -0.25) is 4.68 Å². The van der Waals surface area contributed by atoms with Crippen LogP contribution in [0.5, 0.6) is 11.6 Å². The number of ether oxygens (including phenoxy) is 1. The van der Waals surface area contributed by atoms with Crippen LogP contribution in [0.2, 0.25) is 0 Å². The first-order chi connectivity index (χ1) is 8.65. The van der Waals surface area contributed by atoms with Crippen molar-refractivity contribution >= 4 is 5.69 Å². The fourth-order valence-corrected chi connectivity index (χ4v) is 1.80. The molecule has 0 radical (unpaired) electrons. The number of hydrogen-bond acceptors (Lipinski definition) is 4. The Bertz CT molecular complexity index is 529. The first-order valence-corrected chi connectivity index (χ1v) is 6.17. The van der Waals surface area contributed by atoms with Gasteiger partial charge in [0.15, 0.2) is 5.75 Å². The van der Waals surface area contributed by atoms with E-state index < -0.39 is 0 Å². The van der Waals surface area contributed by atoms with Crippen molar-refractivity contribution in [2.45, 2.75) is 33.2 Å². The van der Waals surface area contributed by atoms with Gasteiger partial charge in [-0.05, 0) is 13.3 Å². The third-order valence-corrected chi connectivity index (χ3v) is 2.74. The van der Waals surface area contributed by atoms with Crippen molar-refractivity contribution in [2.75, 3.05) is 5.73 Å². The van der Waals surface area contributed by atoms with E-state index in [4.69, 9.17) is 10.5 Å². The summed E-state index contributed by atoms with van der Waals surface area (Å²) in [5.41, 5.74) is 7.54. The number of nitrogens with zero attached hydrogens (tertiary/aromatic N) is 4. The smallest absolute Gasteiger partial charge is 0.241 e. The van der Waals surface area contributed by atoms with Crippen molar-refractivity contribution < 1.29 is 4.74 Å². The second-order valence-electron chi connectivity index (χ2n) is 4.17. The van der Waals surface area contributed by atoms with E-state index in [0.717, 1.165) is 25.1 Å².